The zero-order valence-corrected chi connectivity index (χ0v) is 8.51. The molecule has 0 aliphatic carbocycles. The first-order valence-corrected chi connectivity index (χ1v) is 5.04. The summed E-state index contributed by atoms with van der Waals surface area (Å²) in [6, 6.07) is 3.79. The molecule has 0 aliphatic rings. The van der Waals surface area contributed by atoms with Crippen LogP contribution < -0.4 is 0 Å². The maximum Gasteiger partial charge on any atom is 0.137 e. The lowest BCUT2D eigenvalue weighted by Crippen LogP contribution is -1.96. The zero-order valence-electron chi connectivity index (χ0n) is 7.69. The highest BCUT2D eigenvalue weighted by molar-refractivity contribution is 7.99. The number of nitriles is 1. The van der Waals surface area contributed by atoms with Crippen molar-refractivity contribution in [2.75, 3.05) is 0 Å². The molecule has 1 aromatic heterocycles. The van der Waals surface area contributed by atoms with E-state index in [9.17, 15) is 0 Å². The monoisotopic (exact) mass is 193 g/mol. The normalized spacial score (nSPS) is 12.1. The van der Waals surface area contributed by atoms with Crippen LogP contribution in [-0.4, -0.2) is 15.4 Å². The molecule has 0 bridgehead atoms. The van der Waals surface area contributed by atoms with Crippen molar-refractivity contribution in [2.45, 2.75) is 30.5 Å². The van der Waals surface area contributed by atoms with Gasteiger partial charge in [-0.2, -0.15) is 10.4 Å². The van der Waals surface area contributed by atoms with Gasteiger partial charge in [0.15, 0.2) is 0 Å². The van der Waals surface area contributed by atoms with Gasteiger partial charge in [0.1, 0.15) is 11.1 Å². The maximum atomic E-state index is 8.77. The number of nitrogens with zero attached hydrogens (tertiary/aromatic N) is 3. The van der Waals surface area contributed by atoms with Gasteiger partial charge >= 0.3 is 0 Å². The number of hydrogen-bond donors (Lipinski definition) is 0. The van der Waals surface area contributed by atoms with E-state index >= 15 is 0 Å². The van der Waals surface area contributed by atoms with Gasteiger partial charge in [0, 0.05) is 5.25 Å². The maximum absolute atomic E-state index is 8.77. The SMILES string of the molecule is CCC(C)Sc1nnccc1C#N. The number of hydrogen-bond acceptors (Lipinski definition) is 4. The molecule has 13 heavy (non-hydrogen) atoms. The Morgan fingerprint density at radius 3 is 3.08 bits per heavy atom. The van der Waals surface area contributed by atoms with Crippen LogP contribution in [0.5, 0.6) is 0 Å². The highest BCUT2D eigenvalue weighted by Gasteiger charge is 2.07. The minimum absolute atomic E-state index is 0.476. The Bertz CT molecular complexity index is 319. The summed E-state index contributed by atoms with van der Waals surface area (Å²) in [6.07, 6.45) is 2.60. The number of thioether (sulfide) groups is 1. The van der Waals surface area contributed by atoms with Crippen LogP contribution in [0.4, 0.5) is 0 Å². The van der Waals surface area contributed by atoms with E-state index in [-0.39, 0.29) is 0 Å². The van der Waals surface area contributed by atoms with E-state index in [4.69, 9.17) is 5.26 Å². The van der Waals surface area contributed by atoms with Crippen LogP contribution in [0, 0.1) is 11.3 Å². The summed E-state index contributed by atoms with van der Waals surface area (Å²) in [5.74, 6) is 0. The molecule has 1 atom stereocenters. The van der Waals surface area contributed by atoms with Gasteiger partial charge in [-0.1, -0.05) is 13.8 Å². The molecule has 0 aliphatic heterocycles. The molecular weight excluding hydrogens is 182 g/mol. The summed E-state index contributed by atoms with van der Waals surface area (Å²) < 4.78 is 0. The van der Waals surface area contributed by atoms with Crippen molar-refractivity contribution in [3.63, 3.8) is 0 Å². The molecule has 4 heteroatoms. The molecule has 0 radical (unpaired) electrons. The molecule has 0 N–H and O–H groups in total. The molecule has 0 fully saturated rings. The van der Waals surface area contributed by atoms with Gasteiger partial charge in [0.05, 0.1) is 11.8 Å². The lowest BCUT2D eigenvalue weighted by atomic mass is 10.3. The van der Waals surface area contributed by atoms with Crippen molar-refractivity contribution in [3.05, 3.63) is 17.8 Å². The minimum Gasteiger partial charge on any atom is -0.192 e. The van der Waals surface area contributed by atoms with Gasteiger partial charge in [0.2, 0.25) is 0 Å². The summed E-state index contributed by atoms with van der Waals surface area (Å²) in [5.41, 5.74) is 0.611. The Labute approximate surface area is 82.2 Å². The van der Waals surface area contributed by atoms with Crippen molar-refractivity contribution < 1.29 is 0 Å². The van der Waals surface area contributed by atoms with Gasteiger partial charge in [-0.15, -0.1) is 16.9 Å². The van der Waals surface area contributed by atoms with Crippen molar-refractivity contribution >= 4 is 11.8 Å². The summed E-state index contributed by atoms with van der Waals surface area (Å²) in [4.78, 5) is 0. The third-order valence-electron chi connectivity index (χ3n) is 1.70. The minimum atomic E-state index is 0.476. The van der Waals surface area contributed by atoms with E-state index in [1.54, 1.807) is 24.0 Å². The lowest BCUT2D eigenvalue weighted by Gasteiger charge is -2.06. The van der Waals surface area contributed by atoms with Gasteiger partial charge in [-0.05, 0) is 12.5 Å². The lowest BCUT2D eigenvalue weighted by molar-refractivity contribution is 0.878. The predicted molar refractivity (Wildman–Crippen MR) is 52.4 cm³/mol. The molecule has 0 aromatic carbocycles. The summed E-state index contributed by atoms with van der Waals surface area (Å²) >= 11 is 1.60. The summed E-state index contributed by atoms with van der Waals surface area (Å²) in [7, 11) is 0. The Morgan fingerprint density at radius 1 is 1.69 bits per heavy atom. The zero-order chi connectivity index (χ0) is 9.68. The Morgan fingerprint density at radius 2 is 2.46 bits per heavy atom. The Hall–Kier alpha value is -1.08. The van der Waals surface area contributed by atoms with Crippen LogP contribution in [0.2, 0.25) is 0 Å². The molecule has 1 heterocycles. The van der Waals surface area contributed by atoms with Crippen LogP contribution >= 0.6 is 11.8 Å². The molecule has 0 amide bonds. The fourth-order valence-corrected chi connectivity index (χ4v) is 1.65. The van der Waals surface area contributed by atoms with Gasteiger partial charge in [-0.25, -0.2) is 0 Å². The predicted octanol–water partition coefficient (Wildman–Crippen LogP) is 2.24. The molecule has 1 rings (SSSR count). The largest absolute Gasteiger partial charge is 0.192 e. The van der Waals surface area contributed by atoms with Crippen LogP contribution in [0.3, 0.4) is 0 Å². The highest BCUT2D eigenvalue weighted by Crippen LogP contribution is 2.24. The second-order valence-corrected chi connectivity index (χ2v) is 4.13. The fraction of sp³-hybridized carbons (Fsp3) is 0.444. The van der Waals surface area contributed by atoms with Crippen molar-refractivity contribution in [3.8, 4) is 6.07 Å². The van der Waals surface area contributed by atoms with Crippen molar-refractivity contribution in [1.29, 1.82) is 5.26 Å². The van der Waals surface area contributed by atoms with E-state index in [0.29, 0.717) is 10.8 Å². The fourth-order valence-electron chi connectivity index (χ4n) is 0.765. The standard InChI is InChI=1S/C9H11N3S/c1-3-7(2)13-9-8(6-10)4-5-11-12-9/h4-5,7H,3H2,1-2H3. The van der Waals surface area contributed by atoms with E-state index in [0.717, 1.165) is 11.4 Å². The molecule has 0 saturated carbocycles. The number of rotatable bonds is 3. The molecular formula is C9H11N3S. The quantitative estimate of drug-likeness (QED) is 0.691. The molecule has 1 aromatic rings. The molecule has 1 unspecified atom stereocenters. The van der Waals surface area contributed by atoms with Gasteiger partial charge in [-0.3, -0.25) is 0 Å². The Kier molecular flexibility index (Phi) is 3.71. The van der Waals surface area contributed by atoms with Crippen LogP contribution in [-0.2, 0) is 0 Å². The average Bonchev–Trinajstić information content (AvgIpc) is 2.18. The van der Waals surface area contributed by atoms with Gasteiger partial charge in [0.25, 0.3) is 0 Å². The first-order valence-electron chi connectivity index (χ1n) is 4.16. The third kappa shape index (κ3) is 2.71. The second-order valence-electron chi connectivity index (χ2n) is 2.70. The Balaban J connectivity index is 2.82. The average molecular weight is 193 g/mol. The van der Waals surface area contributed by atoms with E-state index in [2.05, 4.69) is 30.1 Å². The first kappa shape index (κ1) is 10.0. The first-order chi connectivity index (χ1) is 6.27. The van der Waals surface area contributed by atoms with E-state index < -0.39 is 0 Å². The number of aromatic nitrogens is 2. The van der Waals surface area contributed by atoms with E-state index in [1.165, 1.54) is 0 Å². The molecule has 3 nitrogen and oxygen atoms in total. The molecule has 0 saturated heterocycles. The summed E-state index contributed by atoms with van der Waals surface area (Å²) in [5, 5.41) is 17.7. The highest BCUT2D eigenvalue weighted by atomic mass is 32.2. The van der Waals surface area contributed by atoms with Crippen LogP contribution in [0.15, 0.2) is 17.3 Å². The van der Waals surface area contributed by atoms with Crippen LogP contribution in [0.1, 0.15) is 25.8 Å². The smallest absolute Gasteiger partial charge is 0.137 e. The van der Waals surface area contributed by atoms with Crippen molar-refractivity contribution in [2.24, 2.45) is 0 Å². The molecule has 68 valence electrons. The topological polar surface area (TPSA) is 49.6 Å². The van der Waals surface area contributed by atoms with E-state index in [1.807, 2.05) is 0 Å². The van der Waals surface area contributed by atoms with Crippen LogP contribution in [0.25, 0.3) is 0 Å². The molecule has 0 spiro atoms. The summed E-state index contributed by atoms with van der Waals surface area (Å²) in [6.45, 7) is 4.22. The second kappa shape index (κ2) is 4.83. The third-order valence-corrected chi connectivity index (χ3v) is 2.96. The van der Waals surface area contributed by atoms with Crippen molar-refractivity contribution in [1.82, 2.24) is 10.2 Å². The van der Waals surface area contributed by atoms with Gasteiger partial charge < -0.3 is 0 Å².